The van der Waals surface area contributed by atoms with E-state index < -0.39 is 0 Å². The lowest BCUT2D eigenvalue weighted by molar-refractivity contribution is 0.280. The highest BCUT2D eigenvalue weighted by atomic mass is 16.3. The van der Waals surface area contributed by atoms with Gasteiger partial charge in [-0.05, 0) is 38.3 Å². The van der Waals surface area contributed by atoms with Crippen LogP contribution in [0.2, 0.25) is 0 Å². The Morgan fingerprint density at radius 2 is 2.15 bits per heavy atom. The standard InChI is InChI=1S/C16H19N3O/c1-11-5-6-15-13(8-11)4-3-7-19(15)16-17-9-14(10-20)12(2)18-16/h5-6,8-9,20H,3-4,7,10H2,1-2H3. The van der Waals surface area contributed by atoms with Crippen LogP contribution in [0.1, 0.15) is 28.8 Å². The maximum atomic E-state index is 9.21. The number of aromatic nitrogens is 2. The van der Waals surface area contributed by atoms with Crippen molar-refractivity contribution in [3.63, 3.8) is 0 Å². The predicted octanol–water partition coefficient (Wildman–Crippen LogP) is 2.67. The minimum Gasteiger partial charge on any atom is -0.392 e. The molecule has 2 heterocycles. The summed E-state index contributed by atoms with van der Waals surface area (Å²) in [6, 6.07) is 6.53. The van der Waals surface area contributed by atoms with Gasteiger partial charge in [0.05, 0.1) is 6.61 Å². The van der Waals surface area contributed by atoms with Crippen LogP contribution in [0.15, 0.2) is 24.4 Å². The Morgan fingerprint density at radius 3 is 2.90 bits per heavy atom. The molecule has 0 spiro atoms. The largest absolute Gasteiger partial charge is 0.392 e. The van der Waals surface area contributed by atoms with Crippen LogP contribution in [-0.4, -0.2) is 21.6 Å². The van der Waals surface area contributed by atoms with Gasteiger partial charge in [-0.3, -0.25) is 0 Å². The number of fused-ring (bicyclic) bond motifs is 1. The molecular weight excluding hydrogens is 250 g/mol. The Balaban J connectivity index is 2.02. The van der Waals surface area contributed by atoms with Crippen molar-refractivity contribution in [3.05, 3.63) is 46.8 Å². The van der Waals surface area contributed by atoms with E-state index in [1.54, 1.807) is 6.20 Å². The van der Waals surface area contributed by atoms with E-state index in [0.717, 1.165) is 36.6 Å². The molecule has 0 aliphatic carbocycles. The van der Waals surface area contributed by atoms with Gasteiger partial charge in [-0.1, -0.05) is 17.7 Å². The van der Waals surface area contributed by atoms with Gasteiger partial charge in [0.15, 0.2) is 0 Å². The first-order valence-corrected chi connectivity index (χ1v) is 6.99. The molecule has 4 nitrogen and oxygen atoms in total. The molecule has 1 N–H and O–H groups in total. The first-order valence-electron chi connectivity index (χ1n) is 6.99. The molecule has 0 unspecified atom stereocenters. The van der Waals surface area contributed by atoms with E-state index >= 15 is 0 Å². The lowest BCUT2D eigenvalue weighted by Gasteiger charge is -2.30. The van der Waals surface area contributed by atoms with Crippen LogP contribution in [0.25, 0.3) is 0 Å². The summed E-state index contributed by atoms with van der Waals surface area (Å²) >= 11 is 0. The molecule has 0 fully saturated rings. The molecule has 1 aliphatic rings. The van der Waals surface area contributed by atoms with Gasteiger partial charge in [0, 0.05) is 29.7 Å². The first kappa shape index (κ1) is 13.1. The van der Waals surface area contributed by atoms with Gasteiger partial charge < -0.3 is 10.0 Å². The van der Waals surface area contributed by atoms with Gasteiger partial charge in [-0.15, -0.1) is 0 Å². The van der Waals surface area contributed by atoms with Gasteiger partial charge in [-0.25, -0.2) is 9.97 Å². The van der Waals surface area contributed by atoms with Crippen molar-refractivity contribution in [1.29, 1.82) is 0 Å². The van der Waals surface area contributed by atoms with Crippen molar-refractivity contribution in [2.45, 2.75) is 33.3 Å². The molecular formula is C16H19N3O. The average Bonchev–Trinajstić information content (AvgIpc) is 2.46. The average molecular weight is 269 g/mol. The van der Waals surface area contributed by atoms with Crippen LogP contribution in [0.5, 0.6) is 0 Å². The highest BCUT2D eigenvalue weighted by Crippen LogP contribution is 2.32. The molecule has 0 atom stereocenters. The van der Waals surface area contributed by atoms with Gasteiger partial charge in [0.25, 0.3) is 0 Å². The number of aliphatic hydroxyl groups is 1. The minimum absolute atomic E-state index is 0.0120. The van der Waals surface area contributed by atoms with E-state index in [-0.39, 0.29) is 6.61 Å². The second-order valence-corrected chi connectivity index (χ2v) is 5.33. The van der Waals surface area contributed by atoms with Crippen molar-refractivity contribution in [3.8, 4) is 0 Å². The molecule has 0 radical (unpaired) electrons. The Hall–Kier alpha value is -1.94. The SMILES string of the molecule is Cc1ccc2c(c1)CCCN2c1ncc(CO)c(C)n1. The second kappa shape index (κ2) is 5.21. The van der Waals surface area contributed by atoms with Gasteiger partial charge >= 0.3 is 0 Å². The van der Waals surface area contributed by atoms with E-state index in [1.165, 1.54) is 16.8 Å². The number of anilines is 2. The third-order valence-corrected chi connectivity index (χ3v) is 3.83. The number of hydrogen-bond acceptors (Lipinski definition) is 4. The molecule has 4 heteroatoms. The maximum Gasteiger partial charge on any atom is 0.230 e. The Bertz CT molecular complexity index is 640. The minimum atomic E-state index is -0.0120. The summed E-state index contributed by atoms with van der Waals surface area (Å²) in [4.78, 5) is 11.1. The molecule has 0 saturated heterocycles. The first-order chi connectivity index (χ1) is 9.69. The number of hydrogen-bond donors (Lipinski definition) is 1. The second-order valence-electron chi connectivity index (χ2n) is 5.33. The summed E-state index contributed by atoms with van der Waals surface area (Å²) in [5.41, 5.74) is 5.49. The molecule has 0 bridgehead atoms. The summed E-state index contributed by atoms with van der Waals surface area (Å²) in [6.45, 7) is 4.96. The zero-order valence-corrected chi connectivity index (χ0v) is 11.9. The molecule has 20 heavy (non-hydrogen) atoms. The molecule has 104 valence electrons. The summed E-state index contributed by atoms with van der Waals surface area (Å²) < 4.78 is 0. The third kappa shape index (κ3) is 2.27. The van der Waals surface area contributed by atoms with Crippen LogP contribution < -0.4 is 4.90 Å². The van der Waals surface area contributed by atoms with E-state index in [0.29, 0.717) is 0 Å². The van der Waals surface area contributed by atoms with Crippen LogP contribution in [-0.2, 0) is 13.0 Å². The fourth-order valence-corrected chi connectivity index (χ4v) is 2.70. The Kier molecular flexibility index (Phi) is 3.40. The van der Waals surface area contributed by atoms with E-state index in [1.807, 2.05) is 6.92 Å². The fourth-order valence-electron chi connectivity index (χ4n) is 2.70. The molecule has 0 saturated carbocycles. The van der Waals surface area contributed by atoms with Crippen molar-refractivity contribution in [2.24, 2.45) is 0 Å². The highest BCUT2D eigenvalue weighted by Gasteiger charge is 2.20. The van der Waals surface area contributed by atoms with Crippen LogP contribution in [0.3, 0.4) is 0 Å². The number of nitrogens with zero attached hydrogens (tertiary/aromatic N) is 3. The van der Waals surface area contributed by atoms with E-state index in [9.17, 15) is 5.11 Å². The Labute approximate surface area is 119 Å². The molecule has 1 aromatic carbocycles. The highest BCUT2D eigenvalue weighted by molar-refractivity contribution is 5.64. The lowest BCUT2D eigenvalue weighted by Crippen LogP contribution is -2.26. The van der Waals surface area contributed by atoms with E-state index in [2.05, 4.69) is 40.0 Å². The van der Waals surface area contributed by atoms with Gasteiger partial charge in [0.2, 0.25) is 5.95 Å². The summed E-state index contributed by atoms with van der Waals surface area (Å²) in [6.07, 6.45) is 3.95. The molecule has 3 rings (SSSR count). The lowest BCUT2D eigenvalue weighted by atomic mass is 10.00. The number of rotatable bonds is 2. The number of aryl methyl sites for hydroxylation is 3. The van der Waals surface area contributed by atoms with Crippen LogP contribution >= 0.6 is 0 Å². The molecule has 0 amide bonds. The number of benzene rings is 1. The van der Waals surface area contributed by atoms with E-state index in [4.69, 9.17) is 0 Å². The summed E-state index contributed by atoms with van der Waals surface area (Å²) in [7, 11) is 0. The summed E-state index contributed by atoms with van der Waals surface area (Å²) in [5, 5.41) is 9.21. The smallest absolute Gasteiger partial charge is 0.230 e. The third-order valence-electron chi connectivity index (χ3n) is 3.83. The molecule has 2 aromatic rings. The predicted molar refractivity (Wildman–Crippen MR) is 79.2 cm³/mol. The fraction of sp³-hybridized carbons (Fsp3) is 0.375. The van der Waals surface area contributed by atoms with Gasteiger partial charge in [0.1, 0.15) is 0 Å². The Morgan fingerprint density at radius 1 is 1.30 bits per heavy atom. The van der Waals surface area contributed by atoms with Crippen LogP contribution in [0.4, 0.5) is 11.6 Å². The van der Waals surface area contributed by atoms with Crippen molar-refractivity contribution in [1.82, 2.24) is 9.97 Å². The monoisotopic (exact) mass is 269 g/mol. The zero-order chi connectivity index (χ0) is 14.1. The van der Waals surface area contributed by atoms with Crippen molar-refractivity contribution in [2.75, 3.05) is 11.4 Å². The molecule has 1 aliphatic heterocycles. The molecule has 1 aromatic heterocycles. The maximum absolute atomic E-state index is 9.21. The quantitative estimate of drug-likeness (QED) is 0.910. The zero-order valence-electron chi connectivity index (χ0n) is 11.9. The van der Waals surface area contributed by atoms with Crippen molar-refractivity contribution >= 4 is 11.6 Å². The van der Waals surface area contributed by atoms with Gasteiger partial charge in [-0.2, -0.15) is 0 Å². The summed E-state index contributed by atoms with van der Waals surface area (Å²) in [5.74, 6) is 0.726. The van der Waals surface area contributed by atoms with Crippen molar-refractivity contribution < 1.29 is 5.11 Å². The number of aliphatic hydroxyl groups excluding tert-OH is 1. The topological polar surface area (TPSA) is 49.2 Å². The van der Waals surface area contributed by atoms with Crippen LogP contribution in [0, 0.1) is 13.8 Å². The normalized spacial score (nSPS) is 14.2.